The average molecular weight is 848 g/mol. The molecule has 2 aliphatic carbocycles. The number of carbonyl (C=O) groups is 6. The van der Waals surface area contributed by atoms with Crippen LogP contribution in [0, 0.1) is 5.92 Å². The molecule has 7 atom stereocenters. The van der Waals surface area contributed by atoms with Crippen LogP contribution >= 0.6 is 0 Å². The minimum atomic E-state index is -2.29. The Morgan fingerprint density at radius 2 is 1.42 bits per heavy atom. The number of hydrogen-bond donors (Lipinski definition) is 6. The fraction of sp³-hybridized carbons (Fsp3) is 0.510. The van der Waals surface area contributed by atoms with E-state index in [1.165, 1.54) is 4.90 Å². The van der Waals surface area contributed by atoms with Gasteiger partial charge < -0.3 is 42.8 Å². The van der Waals surface area contributed by atoms with Gasteiger partial charge in [0.25, 0.3) is 0 Å². The number of nitrogens with one attached hydrogen (secondary N) is 3. The number of rotatable bonds is 21. The number of amides is 3. The van der Waals surface area contributed by atoms with Gasteiger partial charge in [-0.05, 0) is 93.1 Å². The summed E-state index contributed by atoms with van der Waals surface area (Å²) in [6.45, 7) is 0.576. The first-order valence-electron chi connectivity index (χ1n) is 22.5. The van der Waals surface area contributed by atoms with Crippen molar-refractivity contribution in [3.8, 4) is 0 Å². The zero-order valence-electron chi connectivity index (χ0n) is 36.1. The fourth-order valence-corrected chi connectivity index (χ4v) is 10.2. The van der Waals surface area contributed by atoms with Crippen molar-refractivity contribution in [3.63, 3.8) is 0 Å². The maximum absolute atomic E-state index is 16.0. The highest BCUT2D eigenvalue weighted by molar-refractivity contribution is 6.22. The molecule has 0 aromatic heterocycles. The van der Waals surface area contributed by atoms with Crippen LogP contribution in [0.4, 0.5) is 0 Å². The van der Waals surface area contributed by atoms with Crippen LogP contribution in [0.3, 0.4) is 0 Å². The Morgan fingerprint density at radius 1 is 0.774 bits per heavy atom. The third-order valence-electron chi connectivity index (χ3n) is 13.5. The molecule has 0 spiro atoms. The molecule has 0 bridgehead atoms. The van der Waals surface area contributed by atoms with Gasteiger partial charge in [0.15, 0.2) is 11.6 Å². The SMILES string of the molecule is CN[C@@H](Cc1ccccc1)C(=O)N[C@@H](CCCCN)C(=O)N1CCC[C@H]1C(=O)C1(C(=O)[C@H](N)CC2CCCCC2)c2ccccc2CC1(C=O)NC(=O)[C@@H](N)Cc1ccccc1. The molecule has 2 unspecified atom stereocenters. The Kier molecular flexibility index (Phi) is 16.0. The third-order valence-corrected chi connectivity index (χ3v) is 13.5. The van der Waals surface area contributed by atoms with Crippen LogP contribution in [-0.4, -0.2) is 96.4 Å². The normalized spacial score (nSPS) is 23.1. The fourth-order valence-electron chi connectivity index (χ4n) is 10.2. The summed E-state index contributed by atoms with van der Waals surface area (Å²) in [4.78, 5) is 90.3. The van der Waals surface area contributed by atoms with Gasteiger partial charge in [0, 0.05) is 13.0 Å². The molecule has 332 valence electrons. The first-order chi connectivity index (χ1) is 30.0. The molecule has 13 heteroatoms. The lowest BCUT2D eigenvalue weighted by molar-refractivity contribution is -0.150. The molecule has 3 aromatic carbocycles. The van der Waals surface area contributed by atoms with E-state index in [1.54, 1.807) is 31.3 Å². The van der Waals surface area contributed by atoms with Gasteiger partial charge in [0.2, 0.25) is 17.7 Å². The van der Waals surface area contributed by atoms with Gasteiger partial charge in [-0.15, -0.1) is 0 Å². The Bertz CT molecular complexity index is 2030. The van der Waals surface area contributed by atoms with E-state index >= 15 is 9.59 Å². The summed E-state index contributed by atoms with van der Waals surface area (Å²) in [5, 5.41) is 8.97. The topological polar surface area (TPSA) is 220 Å². The Hall–Kier alpha value is -5.08. The number of hydrogen-bond acceptors (Lipinski definition) is 10. The summed E-state index contributed by atoms with van der Waals surface area (Å²) >= 11 is 0. The van der Waals surface area contributed by atoms with Crippen LogP contribution in [0.5, 0.6) is 0 Å². The van der Waals surface area contributed by atoms with Gasteiger partial charge in [-0.25, -0.2) is 0 Å². The third kappa shape index (κ3) is 9.91. The molecule has 3 amide bonds. The summed E-state index contributed by atoms with van der Waals surface area (Å²) < 4.78 is 0. The van der Waals surface area contributed by atoms with E-state index in [1.807, 2.05) is 60.7 Å². The predicted octanol–water partition coefficient (Wildman–Crippen LogP) is 2.98. The van der Waals surface area contributed by atoms with Crippen LogP contribution in [-0.2, 0) is 53.4 Å². The summed E-state index contributed by atoms with van der Waals surface area (Å²) in [7, 11) is 1.69. The summed E-state index contributed by atoms with van der Waals surface area (Å²) in [6.07, 6.45) is 8.16. The smallest absolute Gasteiger partial charge is 0.245 e. The van der Waals surface area contributed by atoms with E-state index in [2.05, 4.69) is 16.0 Å². The number of nitrogens with two attached hydrogens (primary N) is 3. The number of likely N-dealkylation sites (tertiary alicyclic amines) is 1. The number of benzene rings is 3. The molecule has 1 saturated carbocycles. The molecule has 0 radical (unpaired) electrons. The van der Waals surface area contributed by atoms with Crippen molar-refractivity contribution in [1.82, 2.24) is 20.9 Å². The van der Waals surface area contributed by atoms with Crippen molar-refractivity contribution >= 4 is 35.6 Å². The standard InChI is InChI=1S/C49H65N7O6/c1-53-41(30-35-20-9-4-10-21-35)46(61)54-40(24-13-14-26-50)47(62)56-27-15-25-42(56)44(59)49(43(58)38(51)28-33-16-5-2-6-17-33)37-23-12-11-22-36(37)31-48(49,32-57)55-45(60)39(52)29-34-18-7-3-8-19-34/h3-4,7-12,18-23,32-33,38-42,53H,2,5-6,13-17,24-31,50-52H2,1H3,(H,54,61)(H,55,60)/t38-,39+,40+,41+,42+,48?,49?/m1/s1. The van der Waals surface area contributed by atoms with Crippen molar-refractivity contribution in [2.45, 2.75) is 131 Å². The average Bonchev–Trinajstić information content (AvgIpc) is 3.90. The van der Waals surface area contributed by atoms with E-state index in [9.17, 15) is 19.2 Å². The second kappa shape index (κ2) is 21.3. The summed E-state index contributed by atoms with van der Waals surface area (Å²) in [6, 6.07) is 20.6. The molecule has 1 heterocycles. The van der Waals surface area contributed by atoms with Gasteiger partial charge in [-0.3, -0.25) is 24.0 Å². The zero-order chi connectivity index (χ0) is 44.3. The van der Waals surface area contributed by atoms with Gasteiger partial charge >= 0.3 is 0 Å². The maximum atomic E-state index is 16.0. The maximum Gasteiger partial charge on any atom is 0.245 e. The molecule has 1 saturated heterocycles. The molecule has 6 rings (SSSR count). The van der Waals surface area contributed by atoms with E-state index in [4.69, 9.17) is 17.2 Å². The summed E-state index contributed by atoms with van der Waals surface area (Å²) in [5.41, 5.74) is 17.5. The lowest BCUT2D eigenvalue weighted by Crippen LogP contribution is -2.73. The molecule has 9 N–H and O–H groups in total. The molecule has 2 fully saturated rings. The van der Waals surface area contributed by atoms with Crippen LogP contribution in [0.1, 0.15) is 92.9 Å². The van der Waals surface area contributed by atoms with Crippen molar-refractivity contribution in [2.75, 3.05) is 20.1 Å². The van der Waals surface area contributed by atoms with E-state index < -0.39 is 64.5 Å². The van der Waals surface area contributed by atoms with Crippen LogP contribution in [0.2, 0.25) is 0 Å². The zero-order valence-corrected chi connectivity index (χ0v) is 36.1. The quantitative estimate of drug-likeness (QED) is 0.0523. The largest absolute Gasteiger partial charge is 0.343 e. The predicted molar refractivity (Wildman–Crippen MR) is 239 cm³/mol. The van der Waals surface area contributed by atoms with Gasteiger partial charge in [0.1, 0.15) is 23.3 Å². The molecular formula is C49H65N7O6. The number of unbranched alkanes of at least 4 members (excludes halogenated alkanes) is 1. The van der Waals surface area contributed by atoms with Crippen LogP contribution in [0.25, 0.3) is 0 Å². The Balaban J connectivity index is 1.39. The number of likely N-dealkylation sites (N-methyl/N-ethyl adjacent to an activating group) is 1. The Labute approximate surface area is 365 Å². The highest BCUT2D eigenvalue weighted by Crippen LogP contribution is 2.50. The summed E-state index contributed by atoms with van der Waals surface area (Å²) in [5.74, 6) is -2.72. The van der Waals surface area contributed by atoms with E-state index in [0.29, 0.717) is 56.1 Å². The van der Waals surface area contributed by atoms with Gasteiger partial charge in [0.05, 0.1) is 24.2 Å². The van der Waals surface area contributed by atoms with E-state index in [0.717, 1.165) is 43.2 Å². The molecule has 62 heavy (non-hydrogen) atoms. The number of Topliss-reactive ketones (excluding diaryl/α,β-unsaturated/α-hetero) is 2. The minimum absolute atomic E-state index is 0.145. The molecular weight excluding hydrogens is 783 g/mol. The van der Waals surface area contributed by atoms with Gasteiger partial charge in [-0.1, -0.05) is 117 Å². The van der Waals surface area contributed by atoms with Crippen molar-refractivity contribution < 1.29 is 28.8 Å². The Morgan fingerprint density at radius 3 is 2.06 bits per heavy atom. The first-order valence-corrected chi connectivity index (χ1v) is 22.5. The van der Waals surface area contributed by atoms with Crippen molar-refractivity contribution in [2.24, 2.45) is 23.1 Å². The van der Waals surface area contributed by atoms with Gasteiger partial charge in [-0.2, -0.15) is 0 Å². The molecule has 1 aliphatic heterocycles. The number of carbonyl (C=O) groups excluding carboxylic acids is 6. The van der Waals surface area contributed by atoms with E-state index in [-0.39, 0.29) is 44.1 Å². The number of nitrogens with zero attached hydrogens (tertiary/aromatic N) is 1. The lowest BCUT2D eigenvalue weighted by Gasteiger charge is -2.45. The molecule has 3 aliphatic rings. The number of fused-ring (bicyclic) bond motifs is 1. The minimum Gasteiger partial charge on any atom is -0.343 e. The number of ketones is 2. The first kappa shape index (κ1) is 46.4. The highest BCUT2D eigenvalue weighted by Gasteiger charge is 2.69. The lowest BCUT2D eigenvalue weighted by atomic mass is 9.60. The second-order valence-corrected chi connectivity index (χ2v) is 17.6. The van der Waals surface area contributed by atoms with Crippen molar-refractivity contribution in [3.05, 3.63) is 107 Å². The van der Waals surface area contributed by atoms with Crippen LogP contribution < -0.4 is 33.2 Å². The molecule has 13 nitrogen and oxygen atoms in total. The monoisotopic (exact) mass is 847 g/mol. The number of aldehydes is 1. The van der Waals surface area contributed by atoms with Crippen LogP contribution in [0.15, 0.2) is 84.9 Å². The highest BCUT2D eigenvalue weighted by atomic mass is 16.2. The van der Waals surface area contributed by atoms with Crippen molar-refractivity contribution in [1.29, 1.82) is 0 Å². The second-order valence-electron chi connectivity index (χ2n) is 17.6. The molecule has 3 aromatic rings.